The number of anilines is 3. The molecule has 0 atom stereocenters. The molecule has 0 aliphatic heterocycles. The van der Waals surface area contributed by atoms with Gasteiger partial charge in [0.15, 0.2) is 6.21 Å². The van der Waals surface area contributed by atoms with E-state index in [-0.39, 0.29) is 12.3 Å². The summed E-state index contributed by atoms with van der Waals surface area (Å²) in [6, 6.07) is 12.8. The number of pyridine rings is 1. The van der Waals surface area contributed by atoms with E-state index in [1.165, 1.54) is 6.21 Å². The van der Waals surface area contributed by atoms with Crippen molar-refractivity contribution in [3.63, 3.8) is 0 Å². The van der Waals surface area contributed by atoms with Crippen molar-refractivity contribution >= 4 is 40.2 Å². The fourth-order valence-electron chi connectivity index (χ4n) is 3.57. The lowest BCUT2D eigenvalue weighted by Gasteiger charge is -2.13. The largest absolute Gasteiger partial charge is 0.495 e. The summed E-state index contributed by atoms with van der Waals surface area (Å²) < 4.78 is 5.30. The number of amides is 1. The first-order valence-corrected chi connectivity index (χ1v) is 9.63. The van der Waals surface area contributed by atoms with Crippen molar-refractivity contribution in [2.45, 2.75) is 6.42 Å². The van der Waals surface area contributed by atoms with Gasteiger partial charge in [0.1, 0.15) is 11.6 Å². The number of nitrogens with one attached hydrogen (secondary N) is 2. The summed E-state index contributed by atoms with van der Waals surface area (Å²) in [6.07, 6.45) is 5.06. The van der Waals surface area contributed by atoms with E-state index in [9.17, 15) is 4.79 Å². The van der Waals surface area contributed by atoms with Gasteiger partial charge in [0.05, 0.1) is 36.5 Å². The molecule has 0 saturated carbocycles. The predicted octanol–water partition coefficient (Wildman–Crippen LogP) is 1.76. The Balaban J connectivity index is 1.70. The first-order chi connectivity index (χ1) is 15.0. The number of carbonyl (C=O) groups excluding carboxylic acids is 1. The minimum Gasteiger partial charge on any atom is -0.495 e. The Morgan fingerprint density at radius 3 is 2.84 bits per heavy atom. The van der Waals surface area contributed by atoms with Crippen molar-refractivity contribution in [3.05, 3.63) is 66.0 Å². The highest BCUT2D eigenvalue weighted by Gasteiger charge is 2.16. The molecule has 4 rings (SSSR count). The molecule has 8 N–H and O–H groups in total. The van der Waals surface area contributed by atoms with Gasteiger partial charge in [0, 0.05) is 22.8 Å². The Hall–Kier alpha value is -4.33. The molecule has 0 unspecified atom stereocenters. The second-order valence-corrected chi connectivity index (χ2v) is 7.09. The molecular weight excluding hydrogens is 392 g/mol. The summed E-state index contributed by atoms with van der Waals surface area (Å²) >= 11 is 0. The Bertz CT molecular complexity index is 1290. The standard InChI is InChI=1S/C23H22N6O2/c1-31-20-5-3-2-4-18(20)29-22(30)8-14-6-13(7-15(10-24)23(14)26)17-11-27-19-12-28-21(25)9-16(17)19/h2-7,9-12,24,27H,8,26H2,1H3,(H2,25,28)(H,29,30)/p+1. The minimum atomic E-state index is -0.219. The van der Waals surface area contributed by atoms with Crippen LogP contribution in [0.15, 0.2) is 54.9 Å². The molecule has 156 valence electrons. The molecule has 0 saturated heterocycles. The fraction of sp³-hybridized carbons (Fsp3) is 0.0870. The number of nitrogen functional groups attached to an aromatic ring is 2. The number of nitrogens with zero attached hydrogens (tertiary/aromatic N) is 1. The predicted molar refractivity (Wildman–Crippen MR) is 123 cm³/mol. The third-order valence-corrected chi connectivity index (χ3v) is 5.11. The number of aromatic amines is 1. The second kappa shape index (κ2) is 8.19. The molecule has 4 aromatic rings. The molecule has 31 heavy (non-hydrogen) atoms. The first-order valence-electron chi connectivity index (χ1n) is 9.63. The molecule has 2 aromatic carbocycles. The normalized spacial score (nSPS) is 10.7. The van der Waals surface area contributed by atoms with Crippen molar-refractivity contribution in [1.82, 2.24) is 9.97 Å². The molecule has 8 heteroatoms. The number of fused-ring (bicyclic) bond motifs is 1. The van der Waals surface area contributed by atoms with Crippen molar-refractivity contribution in [2.24, 2.45) is 0 Å². The van der Waals surface area contributed by atoms with Crippen LogP contribution in [0.1, 0.15) is 11.1 Å². The summed E-state index contributed by atoms with van der Waals surface area (Å²) in [5.74, 6) is 0.785. The number of benzene rings is 2. The van der Waals surface area contributed by atoms with Crippen LogP contribution in [0.5, 0.6) is 5.75 Å². The lowest BCUT2D eigenvalue weighted by molar-refractivity contribution is -0.115. The van der Waals surface area contributed by atoms with E-state index >= 15 is 0 Å². The molecule has 0 aliphatic rings. The first kappa shape index (κ1) is 20.0. The van der Waals surface area contributed by atoms with Crippen molar-refractivity contribution in [1.29, 1.82) is 0 Å². The van der Waals surface area contributed by atoms with E-state index in [4.69, 9.17) is 21.6 Å². The summed E-state index contributed by atoms with van der Waals surface area (Å²) in [5.41, 5.74) is 17.2. The van der Waals surface area contributed by atoms with Gasteiger partial charge in [0.25, 0.3) is 0 Å². The average molecular weight is 415 g/mol. The maximum atomic E-state index is 12.8. The minimum absolute atomic E-state index is 0.0740. The number of ether oxygens (including phenoxy) is 1. The van der Waals surface area contributed by atoms with Crippen LogP contribution in [0.25, 0.3) is 22.0 Å². The van der Waals surface area contributed by atoms with Gasteiger partial charge in [-0.15, -0.1) is 0 Å². The van der Waals surface area contributed by atoms with E-state index in [0.717, 1.165) is 22.0 Å². The van der Waals surface area contributed by atoms with Crippen molar-refractivity contribution in [3.8, 4) is 16.9 Å². The fourth-order valence-corrected chi connectivity index (χ4v) is 3.57. The Kier molecular flexibility index (Phi) is 5.28. The summed E-state index contributed by atoms with van der Waals surface area (Å²) in [6.45, 7) is 0. The molecule has 2 heterocycles. The lowest BCUT2D eigenvalue weighted by atomic mass is 9.96. The molecule has 0 fully saturated rings. The molecule has 0 aliphatic carbocycles. The number of para-hydroxylation sites is 2. The van der Waals surface area contributed by atoms with E-state index in [0.29, 0.717) is 34.1 Å². The zero-order chi connectivity index (χ0) is 22.0. The number of carbonyl (C=O) groups is 1. The maximum absolute atomic E-state index is 12.8. The number of hydrogen-bond donors (Lipinski definition) is 5. The highest BCUT2D eigenvalue weighted by atomic mass is 16.5. The summed E-state index contributed by atoms with van der Waals surface area (Å²) in [5, 5.41) is 9.61. The van der Waals surface area contributed by atoms with Crippen LogP contribution in [0, 0.1) is 0 Å². The monoisotopic (exact) mass is 415 g/mol. The van der Waals surface area contributed by atoms with Crippen molar-refractivity contribution in [2.75, 3.05) is 23.9 Å². The number of methoxy groups -OCH3 is 1. The van der Waals surface area contributed by atoms with Crippen LogP contribution in [0.4, 0.5) is 17.2 Å². The summed E-state index contributed by atoms with van der Waals surface area (Å²) in [4.78, 5) is 20.1. The van der Waals surface area contributed by atoms with E-state index < -0.39 is 0 Å². The van der Waals surface area contributed by atoms with Crippen LogP contribution >= 0.6 is 0 Å². The van der Waals surface area contributed by atoms with Crippen LogP contribution in [0.2, 0.25) is 0 Å². The average Bonchev–Trinajstić information content (AvgIpc) is 3.18. The zero-order valence-corrected chi connectivity index (χ0v) is 17.0. The summed E-state index contributed by atoms with van der Waals surface area (Å²) in [7, 11) is 1.55. The van der Waals surface area contributed by atoms with Gasteiger partial charge in [-0.1, -0.05) is 12.1 Å². The van der Waals surface area contributed by atoms with Crippen LogP contribution in [0.3, 0.4) is 0 Å². The number of nitrogens with two attached hydrogens (primary N) is 3. The smallest absolute Gasteiger partial charge is 0.228 e. The number of aromatic nitrogens is 2. The van der Waals surface area contributed by atoms with Gasteiger partial charge in [-0.2, -0.15) is 0 Å². The van der Waals surface area contributed by atoms with E-state index in [2.05, 4.69) is 15.3 Å². The topological polar surface area (TPSA) is 145 Å². The molecule has 2 aromatic heterocycles. The van der Waals surface area contributed by atoms with Crippen LogP contribution in [-0.4, -0.2) is 29.2 Å². The molecule has 0 radical (unpaired) electrons. The Morgan fingerprint density at radius 1 is 1.26 bits per heavy atom. The number of hydrogen-bond acceptors (Lipinski definition) is 5. The Labute approximate surface area is 178 Å². The second-order valence-electron chi connectivity index (χ2n) is 7.09. The SMILES string of the molecule is COc1ccccc1NC(=O)Cc1cc(-c2c[nH]c3cnc(N)cc23)cc(C=[NH2+])c1N. The van der Waals surface area contributed by atoms with Gasteiger partial charge < -0.3 is 26.5 Å². The quantitative estimate of drug-likeness (QED) is 0.241. The van der Waals surface area contributed by atoms with Gasteiger partial charge in [-0.25, -0.2) is 4.98 Å². The van der Waals surface area contributed by atoms with Gasteiger partial charge in [0.2, 0.25) is 5.91 Å². The molecule has 8 nitrogen and oxygen atoms in total. The highest BCUT2D eigenvalue weighted by molar-refractivity contribution is 6.00. The van der Waals surface area contributed by atoms with E-state index in [1.54, 1.807) is 31.5 Å². The molecular formula is C23H23N6O2+. The lowest BCUT2D eigenvalue weighted by Crippen LogP contribution is -2.30. The molecule has 0 spiro atoms. The Morgan fingerprint density at radius 2 is 2.06 bits per heavy atom. The van der Waals surface area contributed by atoms with Crippen molar-refractivity contribution < 1.29 is 14.9 Å². The van der Waals surface area contributed by atoms with Gasteiger partial charge in [-0.3, -0.25) is 10.2 Å². The molecule has 1 amide bonds. The molecule has 0 bridgehead atoms. The van der Waals surface area contributed by atoms with Crippen LogP contribution in [-0.2, 0) is 11.2 Å². The van der Waals surface area contributed by atoms with E-state index in [1.807, 2.05) is 30.5 Å². The third-order valence-electron chi connectivity index (χ3n) is 5.11. The van der Waals surface area contributed by atoms with Gasteiger partial charge >= 0.3 is 0 Å². The highest BCUT2D eigenvalue weighted by Crippen LogP contribution is 2.33. The third kappa shape index (κ3) is 3.91. The van der Waals surface area contributed by atoms with Gasteiger partial charge in [-0.05, 0) is 41.5 Å². The zero-order valence-electron chi connectivity index (χ0n) is 17.0. The number of rotatable bonds is 6. The van der Waals surface area contributed by atoms with Crippen LogP contribution < -0.4 is 26.9 Å². The maximum Gasteiger partial charge on any atom is 0.228 e. The number of H-pyrrole nitrogens is 1.